The molecule has 0 aromatic rings. The van der Waals surface area contributed by atoms with Gasteiger partial charge in [-0.05, 0) is 18.8 Å². The largest absolute Gasteiger partial charge is 0.481 e. The van der Waals surface area contributed by atoms with E-state index in [0.717, 1.165) is 12.8 Å². The second-order valence-corrected chi connectivity index (χ2v) is 4.72. The predicted molar refractivity (Wildman–Crippen MR) is 70.2 cm³/mol. The topological polar surface area (TPSA) is 127 Å². The summed E-state index contributed by atoms with van der Waals surface area (Å²) in [4.78, 5) is 20.1. The van der Waals surface area contributed by atoms with Crippen LogP contribution < -0.4 is 11.5 Å². The Morgan fingerprint density at radius 3 is 1.89 bits per heavy atom. The highest BCUT2D eigenvalue weighted by Gasteiger charge is 2.09. The Balaban J connectivity index is 0. The SMILES string of the molecule is CC(C)C[C@@H](N)CC(=O)O.CCC[C@H](N)C(=O)O. The van der Waals surface area contributed by atoms with Crippen molar-refractivity contribution in [3.63, 3.8) is 0 Å². The van der Waals surface area contributed by atoms with Gasteiger partial charge >= 0.3 is 11.9 Å². The third kappa shape index (κ3) is 14.9. The maximum absolute atomic E-state index is 10.1. The van der Waals surface area contributed by atoms with Gasteiger partial charge in [0.05, 0.1) is 6.42 Å². The third-order valence-electron chi connectivity index (χ3n) is 2.13. The number of carboxylic acid groups (broad SMARTS) is 2. The van der Waals surface area contributed by atoms with Crippen LogP contribution in [0.5, 0.6) is 0 Å². The van der Waals surface area contributed by atoms with Gasteiger partial charge in [0.25, 0.3) is 0 Å². The fraction of sp³-hybridized carbons (Fsp3) is 0.833. The van der Waals surface area contributed by atoms with Crippen LogP contribution >= 0.6 is 0 Å². The fourth-order valence-corrected chi connectivity index (χ4v) is 1.35. The molecule has 0 aliphatic carbocycles. The number of aliphatic carboxylic acids is 2. The van der Waals surface area contributed by atoms with Gasteiger partial charge in [0.2, 0.25) is 0 Å². The summed E-state index contributed by atoms with van der Waals surface area (Å²) in [6.07, 6.45) is 2.26. The van der Waals surface area contributed by atoms with E-state index in [0.29, 0.717) is 12.3 Å². The molecule has 6 nitrogen and oxygen atoms in total. The monoisotopic (exact) mass is 262 g/mol. The Hall–Kier alpha value is -1.14. The zero-order chi connectivity index (χ0) is 14.7. The highest BCUT2D eigenvalue weighted by atomic mass is 16.4. The lowest BCUT2D eigenvalue weighted by Crippen LogP contribution is -2.29. The Labute approximate surface area is 108 Å². The minimum Gasteiger partial charge on any atom is -0.481 e. The summed E-state index contributed by atoms with van der Waals surface area (Å²) in [5, 5.41) is 16.5. The van der Waals surface area contributed by atoms with Crippen LogP contribution in [0.4, 0.5) is 0 Å². The van der Waals surface area contributed by atoms with Crippen LogP contribution in [0.2, 0.25) is 0 Å². The molecule has 2 atom stereocenters. The Kier molecular flexibility index (Phi) is 11.7. The van der Waals surface area contributed by atoms with E-state index in [1.165, 1.54) is 0 Å². The number of nitrogens with two attached hydrogens (primary N) is 2. The van der Waals surface area contributed by atoms with Gasteiger partial charge in [0.15, 0.2) is 0 Å². The quantitative estimate of drug-likeness (QED) is 0.543. The molecule has 0 aliphatic rings. The van der Waals surface area contributed by atoms with Crippen LogP contribution in [0, 0.1) is 5.92 Å². The van der Waals surface area contributed by atoms with Crippen LogP contribution in [-0.2, 0) is 9.59 Å². The average Bonchev–Trinajstić information content (AvgIpc) is 2.15. The van der Waals surface area contributed by atoms with Crippen molar-refractivity contribution in [2.45, 2.75) is 58.5 Å². The Bertz CT molecular complexity index is 244. The molecule has 0 rings (SSSR count). The highest BCUT2D eigenvalue weighted by Crippen LogP contribution is 2.04. The van der Waals surface area contributed by atoms with Crippen molar-refractivity contribution in [2.24, 2.45) is 17.4 Å². The first-order valence-electron chi connectivity index (χ1n) is 6.16. The van der Waals surface area contributed by atoms with Gasteiger partial charge in [0, 0.05) is 6.04 Å². The molecule has 6 N–H and O–H groups in total. The highest BCUT2D eigenvalue weighted by molar-refractivity contribution is 5.72. The maximum atomic E-state index is 10.1. The van der Waals surface area contributed by atoms with Crippen molar-refractivity contribution < 1.29 is 19.8 Å². The van der Waals surface area contributed by atoms with E-state index in [1.54, 1.807) is 0 Å². The smallest absolute Gasteiger partial charge is 0.320 e. The van der Waals surface area contributed by atoms with Crippen LogP contribution in [-0.4, -0.2) is 34.2 Å². The van der Waals surface area contributed by atoms with E-state index in [9.17, 15) is 9.59 Å². The lowest BCUT2D eigenvalue weighted by Gasteiger charge is -2.10. The van der Waals surface area contributed by atoms with E-state index in [4.69, 9.17) is 21.7 Å². The molecule has 0 bridgehead atoms. The van der Waals surface area contributed by atoms with Gasteiger partial charge in [0.1, 0.15) is 6.04 Å². The van der Waals surface area contributed by atoms with Crippen molar-refractivity contribution in [1.29, 1.82) is 0 Å². The van der Waals surface area contributed by atoms with Crippen molar-refractivity contribution in [3.8, 4) is 0 Å². The number of rotatable bonds is 7. The number of carbonyl (C=O) groups is 2. The summed E-state index contributed by atoms with van der Waals surface area (Å²) in [5.74, 6) is -1.24. The second kappa shape index (κ2) is 11.0. The number of hydrogen-bond donors (Lipinski definition) is 4. The van der Waals surface area contributed by atoms with Crippen molar-refractivity contribution >= 4 is 11.9 Å². The van der Waals surface area contributed by atoms with Crippen molar-refractivity contribution in [2.75, 3.05) is 0 Å². The molecule has 0 unspecified atom stereocenters. The van der Waals surface area contributed by atoms with E-state index in [-0.39, 0.29) is 12.5 Å². The first kappa shape index (κ1) is 19.2. The third-order valence-corrected chi connectivity index (χ3v) is 2.13. The molecule has 0 saturated heterocycles. The molecular weight excluding hydrogens is 236 g/mol. The molecule has 0 saturated carbocycles. The Morgan fingerprint density at radius 1 is 1.17 bits per heavy atom. The van der Waals surface area contributed by atoms with E-state index in [2.05, 4.69) is 0 Å². The van der Waals surface area contributed by atoms with Gasteiger partial charge in [-0.1, -0.05) is 27.2 Å². The van der Waals surface area contributed by atoms with Gasteiger partial charge in [-0.15, -0.1) is 0 Å². The van der Waals surface area contributed by atoms with E-state index < -0.39 is 18.0 Å². The summed E-state index contributed by atoms with van der Waals surface area (Å²) in [6.45, 7) is 5.96. The summed E-state index contributed by atoms with van der Waals surface area (Å²) in [7, 11) is 0. The van der Waals surface area contributed by atoms with Crippen LogP contribution in [0.15, 0.2) is 0 Å². The predicted octanol–water partition coefficient (Wildman–Crippen LogP) is 1.03. The summed E-state index contributed by atoms with van der Waals surface area (Å²) < 4.78 is 0. The van der Waals surface area contributed by atoms with Gasteiger partial charge in [-0.2, -0.15) is 0 Å². The lowest BCUT2D eigenvalue weighted by molar-refractivity contribution is -0.139. The summed E-state index contributed by atoms with van der Waals surface area (Å²) in [6, 6.07) is -0.850. The minimum atomic E-state index is -0.910. The Morgan fingerprint density at radius 2 is 1.67 bits per heavy atom. The normalized spacial score (nSPS) is 13.4. The molecule has 0 aromatic carbocycles. The molecule has 108 valence electrons. The van der Waals surface area contributed by atoms with Crippen molar-refractivity contribution in [3.05, 3.63) is 0 Å². The molecule has 0 aromatic heterocycles. The molecule has 6 heteroatoms. The van der Waals surface area contributed by atoms with Crippen LogP contribution in [0.25, 0.3) is 0 Å². The molecule has 0 fully saturated rings. The first-order chi connectivity index (χ1) is 8.20. The molecule has 0 aliphatic heterocycles. The summed E-state index contributed by atoms with van der Waals surface area (Å²) >= 11 is 0. The molecule has 0 radical (unpaired) electrons. The van der Waals surface area contributed by atoms with E-state index in [1.807, 2.05) is 20.8 Å². The zero-order valence-electron chi connectivity index (χ0n) is 11.4. The molecular formula is C12H26N2O4. The molecule has 0 heterocycles. The van der Waals surface area contributed by atoms with Gasteiger partial charge < -0.3 is 21.7 Å². The average molecular weight is 262 g/mol. The first-order valence-corrected chi connectivity index (χ1v) is 6.16. The minimum absolute atomic E-state index is 0.0815. The second-order valence-electron chi connectivity index (χ2n) is 4.72. The summed E-state index contributed by atoms with van der Waals surface area (Å²) in [5.41, 5.74) is 10.6. The molecule has 0 spiro atoms. The number of hydrogen-bond acceptors (Lipinski definition) is 4. The van der Waals surface area contributed by atoms with Gasteiger partial charge in [-0.3, -0.25) is 9.59 Å². The van der Waals surface area contributed by atoms with Gasteiger partial charge in [-0.25, -0.2) is 0 Å². The lowest BCUT2D eigenvalue weighted by atomic mass is 10.0. The fourth-order valence-electron chi connectivity index (χ4n) is 1.35. The van der Waals surface area contributed by atoms with Crippen molar-refractivity contribution in [1.82, 2.24) is 0 Å². The maximum Gasteiger partial charge on any atom is 0.320 e. The number of carboxylic acids is 2. The van der Waals surface area contributed by atoms with Crippen LogP contribution in [0.1, 0.15) is 46.5 Å². The molecule has 0 amide bonds. The standard InChI is InChI=1S/C7H15NO2.C5H11NO2/c1-5(2)3-6(8)4-7(9)10;1-2-3-4(6)5(7)8/h5-6H,3-4,8H2,1-2H3,(H,9,10);4H,2-3,6H2,1H3,(H,7,8)/t6-;4-/m10/s1. The zero-order valence-corrected chi connectivity index (χ0v) is 11.4. The van der Waals surface area contributed by atoms with Crippen LogP contribution in [0.3, 0.4) is 0 Å². The van der Waals surface area contributed by atoms with E-state index >= 15 is 0 Å². The molecule has 18 heavy (non-hydrogen) atoms.